The fraction of sp³-hybridized carbons (Fsp3) is 1.00. The van der Waals surface area contributed by atoms with Crippen LogP contribution >= 0.6 is 0 Å². The molecule has 0 saturated heterocycles. The third-order valence-electron chi connectivity index (χ3n) is 2.68. The van der Waals surface area contributed by atoms with Gasteiger partial charge in [0.05, 0.1) is 0 Å². The lowest BCUT2D eigenvalue weighted by Crippen LogP contribution is -2.28. The molecule has 1 saturated carbocycles. The summed E-state index contributed by atoms with van der Waals surface area (Å²) in [7, 11) is 2.22. The summed E-state index contributed by atoms with van der Waals surface area (Å²) in [6, 6.07) is 0.716. The van der Waals surface area contributed by atoms with E-state index in [0.717, 1.165) is 11.8 Å². The van der Waals surface area contributed by atoms with Crippen LogP contribution in [-0.2, 0) is 0 Å². The molecule has 1 aliphatic carbocycles. The second kappa shape index (κ2) is 2.91. The van der Waals surface area contributed by atoms with Crippen molar-refractivity contribution in [3.63, 3.8) is 0 Å². The first-order valence-corrected chi connectivity index (χ1v) is 4.31. The van der Waals surface area contributed by atoms with Crippen molar-refractivity contribution in [2.45, 2.75) is 33.2 Å². The van der Waals surface area contributed by atoms with Gasteiger partial charge in [-0.15, -0.1) is 0 Å². The van der Waals surface area contributed by atoms with Crippen LogP contribution in [0.2, 0.25) is 0 Å². The van der Waals surface area contributed by atoms with Crippen molar-refractivity contribution in [3.05, 3.63) is 0 Å². The molecule has 1 aliphatic rings. The Morgan fingerprint density at radius 1 is 1.50 bits per heavy atom. The lowest BCUT2D eigenvalue weighted by atomic mass is 10.3. The molecule has 1 heteroatoms. The average Bonchev–Trinajstić information content (AvgIpc) is 2.46. The molecule has 1 rings (SSSR count). The van der Waals surface area contributed by atoms with Crippen molar-refractivity contribution in [1.82, 2.24) is 4.90 Å². The van der Waals surface area contributed by atoms with Crippen LogP contribution in [0.25, 0.3) is 0 Å². The number of hydrogen-bond donors (Lipinski definition) is 0. The topological polar surface area (TPSA) is 3.24 Å². The lowest BCUT2D eigenvalue weighted by Gasteiger charge is -2.20. The van der Waals surface area contributed by atoms with E-state index >= 15 is 0 Å². The van der Waals surface area contributed by atoms with Crippen molar-refractivity contribution in [3.8, 4) is 0 Å². The van der Waals surface area contributed by atoms with Gasteiger partial charge in [0.1, 0.15) is 0 Å². The van der Waals surface area contributed by atoms with Gasteiger partial charge in [0, 0.05) is 12.6 Å². The Labute approximate surface area is 64.4 Å². The molecule has 0 radical (unpaired) electrons. The average molecular weight is 141 g/mol. The summed E-state index contributed by atoms with van der Waals surface area (Å²) in [6.07, 6.45) is 1.46. The van der Waals surface area contributed by atoms with Gasteiger partial charge in [-0.05, 0) is 39.2 Å². The van der Waals surface area contributed by atoms with Crippen LogP contribution in [0.4, 0.5) is 0 Å². The van der Waals surface area contributed by atoms with Crippen LogP contribution in [0.1, 0.15) is 27.2 Å². The second-order valence-corrected chi connectivity index (χ2v) is 4.01. The second-order valence-electron chi connectivity index (χ2n) is 4.01. The largest absolute Gasteiger partial charge is 0.304 e. The highest BCUT2D eigenvalue weighted by Gasteiger charge is 2.33. The van der Waals surface area contributed by atoms with E-state index in [1.807, 2.05) is 0 Å². The molecule has 0 bridgehead atoms. The molecule has 10 heavy (non-hydrogen) atoms. The summed E-state index contributed by atoms with van der Waals surface area (Å²) in [4.78, 5) is 2.44. The first kappa shape index (κ1) is 8.06. The molecule has 2 atom stereocenters. The Bertz CT molecular complexity index is 109. The normalized spacial score (nSPS) is 31.8. The van der Waals surface area contributed by atoms with Crippen LogP contribution in [0.15, 0.2) is 0 Å². The fourth-order valence-corrected chi connectivity index (χ4v) is 1.23. The van der Waals surface area contributed by atoms with Crippen molar-refractivity contribution < 1.29 is 0 Å². The summed E-state index contributed by atoms with van der Waals surface area (Å²) in [6.45, 7) is 8.16. The zero-order chi connectivity index (χ0) is 7.72. The first-order valence-electron chi connectivity index (χ1n) is 4.31. The zero-order valence-corrected chi connectivity index (χ0v) is 7.59. The minimum absolute atomic E-state index is 0.716. The number of nitrogens with zero attached hydrogens (tertiary/aromatic N) is 1. The number of rotatable bonds is 3. The molecule has 0 aromatic rings. The van der Waals surface area contributed by atoms with Crippen LogP contribution < -0.4 is 0 Å². The molecule has 2 unspecified atom stereocenters. The highest BCUT2D eigenvalue weighted by molar-refractivity contribution is 4.84. The van der Waals surface area contributed by atoms with Crippen molar-refractivity contribution in [2.24, 2.45) is 11.8 Å². The SMILES string of the molecule is CC1CC1CN(C)C(C)C. The highest BCUT2D eigenvalue weighted by atomic mass is 15.1. The van der Waals surface area contributed by atoms with Gasteiger partial charge in [0.2, 0.25) is 0 Å². The molecular formula is C9H19N. The molecule has 0 aliphatic heterocycles. The van der Waals surface area contributed by atoms with Gasteiger partial charge in [0.25, 0.3) is 0 Å². The van der Waals surface area contributed by atoms with Crippen LogP contribution in [0.5, 0.6) is 0 Å². The maximum absolute atomic E-state index is 2.44. The monoisotopic (exact) mass is 141 g/mol. The summed E-state index contributed by atoms with van der Waals surface area (Å²) >= 11 is 0. The van der Waals surface area contributed by atoms with Crippen LogP contribution in [0, 0.1) is 11.8 Å². The summed E-state index contributed by atoms with van der Waals surface area (Å²) in [5, 5.41) is 0. The summed E-state index contributed by atoms with van der Waals surface area (Å²) < 4.78 is 0. The maximum atomic E-state index is 2.44. The first-order chi connectivity index (χ1) is 4.61. The van der Waals surface area contributed by atoms with Crippen molar-refractivity contribution >= 4 is 0 Å². The molecule has 0 aromatic carbocycles. The van der Waals surface area contributed by atoms with Crippen molar-refractivity contribution in [1.29, 1.82) is 0 Å². The molecule has 0 spiro atoms. The summed E-state index contributed by atoms with van der Waals surface area (Å²) in [5.41, 5.74) is 0. The standard InChI is InChI=1S/C9H19N/c1-7(2)10(4)6-9-5-8(9)3/h7-9H,5-6H2,1-4H3. The van der Waals surface area contributed by atoms with Crippen molar-refractivity contribution in [2.75, 3.05) is 13.6 Å². The smallest absolute Gasteiger partial charge is 0.00356 e. The van der Waals surface area contributed by atoms with Gasteiger partial charge in [-0.2, -0.15) is 0 Å². The predicted octanol–water partition coefficient (Wildman–Crippen LogP) is 1.98. The Morgan fingerprint density at radius 2 is 2.00 bits per heavy atom. The van der Waals surface area contributed by atoms with E-state index in [9.17, 15) is 0 Å². The molecule has 0 amide bonds. The Balaban J connectivity index is 2.13. The van der Waals surface area contributed by atoms with E-state index < -0.39 is 0 Å². The van der Waals surface area contributed by atoms with Gasteiger partial charge in [-0.1, -0.05) is 6.92 Å². The molecule has 1 nitrogen and oxygen atoms in total. The van der Waals surface area contributed by atoms with Gasteiger partial charge in [0.15, 0.2) is 0 Å². The zero-order valence-electron chi connectivity index (χ0n) is 7.59. The molecule has 0 N–H and O–H groups in total. The van der Waals surface area contributed by atoms with E-state index in [1.54, 1.807) is 0 Å². The van der Waals surface area contributed by atoms with Gasteiger partial charge in [-0.25, -0.2) is 0 Å². The molecule has 1 fully saturated rings. The van der Waals surface area contributed by atoms with E-state index in [2.05, 4.69) is 32.7 Å². The molecule has 0 heterocycles. The van der Waals surface area contributed by atoms with Gasteiger partial charge >= 0.3 is 0 Å². The molecular weight excluding hydrogens is 122 g/mol. The third-order valence-corrected chi connectivity index (χ3v) is 2.68. The minimum Gasteiger partial charge on any atom is -0.304 e. The Kier molecular flexibility index (Phi) is 2.35. The van der Waals surface area contributed by atoms with E-state index in [4.69, 9.17) is 0 Å². The minimum atomic E-state index is 0.716. The number of hydrogen-bond acceptors (Lipinski definition) is 1. The van der Waals surface area contributed by atoms with Gasteiger partial charge in [-0.3, -0.25) is 0 Å². The third kappa shape index (κ3) is 1.98. The molecule has 60 valence electrons. The molecule has 0 aromatic heterocycles. The van der Waals surface area contributed by atoms with E-state index in [1.165, 1.54) is 13.0 Å². The lowest BCUT2D eigenvalue weighted by molar-refractivity contribution is 0.259. The Hall–Kier alpha value is -0.0400. The summed E-state index contributed by atoms with van der Waals surface area (Å²) in [5.74, 6) is 2.01. The van der Waals surface area contributed by atoms with E-state index in [0.29, 0.717) is 6.04 Å². The van der Waals surface area contributed by atoms with Gasteiger partial charge < -0.3 is 4.90 Å². The maximum Gasteiger partial charge on any atom is 0.00356 e. The predicted molar refractivity (Wildman–Crippen MR) is 45.0 cm³/mol. The Morgan fingerprint density at radius 3 is 2.30 bits per heavy atom. The van der Waals surface area contributed by atoms with Crippen LogP contribution in [0.3, 0.4) is 0 Å². The highest BCUT2D eigenvalue weighted by Crippen LogP contribution is 2.38. The van der Waals surface area contributed by atoms with E-state index in [-0.39, 0.29) is 0 Å². The quantitative estimate of drug-likeness (QED) is 0.581. The fourth-order valence-electron chi connectivity index (χ4n) is 1.23. The van der Waals surface area contributed by atoms with Crippen LogP contribution in [-0.4, -0.2) is 24.5 Å².